The maximum atomic E-state index is 12.7. The normalized spacial score (nSPS) is 42.1. The van der Waals surface area contributed by atoms with Crippen molar-refractivity contribution in [1.82, 2.24) is 10.3 Å². The van der Waals surface area contributed by atoms with E-state index in [0.717, 1.165) is 50.9 Å². The highest BCUT2D eigenvalue weighted by Crippen LogP contribution is 2.64. The van der Waals surface area contributed by atoms with Gasteiger partial charge in [-0.1, -0.05) is 0 Å². The van der Waals surface area contributed by atoms with Crippen molar-refractivity contribution in [3.8, 4) is 5.88 Å². The predicted molar refractivity (Wildman–Crippen MR) is 96.7 cm³/mol. The van der Waals surface area contributed by atoms with Crippen molar-refractivity contribution >= 4 is 0 Å². The monoisotopic (exact) mass is 396 g/mol. The van der Waals surface area contributed by atoms with E-state index in [2.05, 4.69) is 10.3 Å². The number of hydrogen-bond donors (Lipinski definition) is 2. The highest BCUT2D eigenvalue weighted by Gasteiger charge is 2.62. The highest BCUT2D eigenvalue weighted by atomic mass is 19.4. The van der Waals surface area contributed by atoms with E-state index in [0.29, 0.717) is 30.4 Å². The molecule has 5 aliphatic rings. The first-order chi connectivity index (χ1) is 13.3. The molecule has 4 saturated carbocycles. The Balaban J connectivity index is 1.30. The molecule has 0 spiro atoms. The van der Waals surface area contributed by atoms with Crippen LogP contribution in [0.3, 0.4) is 0 Å². The summed E-state index contributed by atoms with van der Waals surface area (Å²) in [6.07, 6.45) is 3.47. The zero-order valence-electron chi connectivity index (χ0n) is 15.8. The van der Waals surface area contributed by atoms with Crippen molar-refractivity contribution in [2.75, 3.05) is 13.2 Å². The molecule has 7 heteroatoms. The maximum Gasteiger partial charge on any atom is 0.417 e. The zero-order chi connectivity index (χ0) is 19.6. The lowest BCUT2D eigenvalue weighted by Gasteiger charge is -2.64. The summed E-state index contributed by atoms with van der Waals surface area (Å²) in [7, 11) is 0. The lowest BCUT2D eigenvalue weighted by Crippen LogP contribution is -2.63. The summed E-state index contributed by atoms with van der Waals surface area (Å²) in [5.41, 5.74) is -1.45. The number of nitrogens with one attached hydrogen (secondary N) is 1. The molecule has 2 heterocycles. The van der Waals surface area contributed by atoms with Gasteiger partial charge in [0.05, 0.1) is 17.8 Å². The maximum absolute atomic E-state index is 12.7. The van der Waals surface area contributed by atoms with Crippen LogP contribution in [0.15, 0.2) is 18.3 Å². The van der Waals surface area contributed by atoms with Crippen molar-refractivity contribution in [3.05, 3.63) is 23.9 Å². The largest absolute Gasteiger partial charge is 0.477 e. The Morgan fingerprint density at radius 3 is 2.50 bits per heavy atom. The van der Waals surface area contributed by atoms with Gasteiger partial charge >= 0.3 is 6.18 Å². The van der Waals surface area contributed by atoms with Gasteiger partial charge in [0.15, 0.2) is 0 Å². The van der Waals surface area contributed by atoms with Crippen LogP contribution in [0.4, 0.5) is 13.2 Å². The summed E-state index contributed by atoms with van der Waals surface area (Å²) >= 11 is 0. The number of aromatic nitrogens is 1. The molecule has 28 heavy (non-hydrogen) atoms. The Bertz CT molecular complexity index is 714. The van der Waals surface area contributed by atoms with Gasteiger partial charge in [0.25, 0.3) is 0 Å². The number of alkyl halides is 3. The molecule has 4 aliphatic carbocycles. The predicted octanol–water partition coefficient (Wildman–Crippen LogP) is 3.79. The molecule has 6 rings (SSSR count). The van der Waals surface area contributed by atoms with Gasteiger partial charge in [-0.05, 0) is 75.3 Å². The van der Waals surface area contributed by atoms with Crippen molar-refractivity contribution in [1.29, 1.82) is 0 Å². The third-order valence-corrected chi connectivity index (χ3v) is 7.62. The average Bonchev–Trinajstić information content (AvgIpc) is 3.12. The first kappa shape index (κ1) is 18.7. The number of halogens is 3. The fraction of sp³-hybridized carbons (Fsp3) is 0.762. The van der Waals surface area contributed by atoms with E-state index in [-0.39, 0.29) is 11.3 Å². The van der Waals surface area contributed by atoms with Crippen LogP contribution in [0, 0.1) is 23.2 Å². The second-order valence-electron chi connectivity index (χ2n) is 9.69. The molecule has 1 aliphatic heterocycles. The molecule has 1 aromatic heterocycles. The van der Waals surface area contributed by atoms with Gasteiger partial charge in [-0.3, -0.25) is 0 Å². The van der Waals surface area contributed by atoms with Gasteiger partial charge in [0, 0.05) is 23.7 Å². The molecule has 1 saturated heterocycles. The molecule has 0 aromatic carbocycles. The first-order valence-corrected chi connectivity index (χ1v) is 10.4. The Hall–Kier alpha value is -1.34. The highest BCUT2D eigenvalue weighted by molar-refractivity contribution is 5.21. The number of pyridine rings is 1. The van der Waals surface area contributed by atoms with Gasteiger partial charge in [0.1, 0.15) is 0 Å². The SMILES string of the molecule is OC12CC3CC(COc4ccc(C(F)(F)F)cn4)(CC(C1)C3C1CCCN1)C2. The molecule has 3 atom stereocenters. The summed E-state index contributed by atoms with van der Waals surface area (Å²) in [6, 6.07) is 2.88. The quantitative estimate of drug-likeness (QED) is 0.813. The molecule has 0 amide bonds. The zero-order valence-corrected chi connectivity index (χ0v) is 15.8. The summed E-state index contributed by atoms with van der Waals surface area (Å²) < 4.78 is 44.0. The van der Waals surface area contributed by atoms with Crippen LogP contribution in [-0.2, 0) is 6.18 Å². The summed E-state index contributed by atoms with van der Waals surface area (Å²) in [5, 5.41) is 14.8. The minimum absolute atomic E-state index is 0.0833. The van der Waals surface area contributed by atoms with Gasteiger partial charge in [-0.2, -0.15) is 13.2 Å². The van der Waals surface area contributed by atoms with Crippen molar-refractivity contribution < 1.29 is 23.0 Å². The minimum Gasteiger partial charge on any atom is -0.477 e. The Morgan fingerprint density at radius 1 is 1.18 bits per heavy atom. The van der Waals surface area contributed by atoms with E-state index in [9.17, 15) is 18.3 Å². The Kier molecular flexibility index (Phi) is 4.22. The first-order valence-electron chi connectivity index (χ1n) is 10.4. The van der Waals surface area contributed by atoms with E-state index in [1.165, 1.54) is 18.9 Å². The molecule has 1 aromatic rings. The van der Waals surface area contributed by atoms with E-state index in [1.807, 2.05) is 0 Å². The summed E-state index contributed by atoms with van der Waals surface area (Å²) in [6.45, 7) is 1.52. The molecule has 4 bridgehead atoms. The van der Waals surface area contributed by atoms with Crippen LogP contribution >= 0.6 is 0 Å². The van der Waals surface area contributed by atoms with Crippen LogP contribution in [0.2, 0.25) is 0 Å². The molecule has 2 N–H and O–H groups in total. The number of nitrogens with zero attached hydrogens (tertiary/aromatic N) is 1. The van der Waals surface area contributed by atoms with Gasteiger partial charge in [-0.25, -0.2) is 4.98 Å². The third kappa shape index (κ3) is 3.20. The van der Waals surface area contributed by atoms with Crippen LogP contribution in [0.1, 0.15) is 50.5 Å². The van der Waals surface area contributed by atoms with Gasteiger partial charge in [-0.15, -0.1) is 0 Å². The number of ether oxygens (including phenoxy) is 1. The summed E-state index contributed by atoms with van der Waals surface area (Å²) in [5.74, 6) is 1.88. The van der Waals surface area contributed by atoms with Crippen LogP contribution in [0.5, 0.6) is 5.88 Å². The van der Waals surface area contributed by atoms with Gasteiger partial charge in [0.2, 0.25) is 5.88 Å². The number of aliphatic hydroxyl groups is 1. The van der Waals surface area contributed by atoms with E-state index in [1.54, 1.807) is 0 Å². The fourth-order valence-corrected chi connectivity index (χ4v) is 7.04. The average molecular weight is 396 g/mol. The van der Waals surface area contributed by atoms with Crippen molar-refractivity contribution in [2.45, 2.75) is 62.8 Å². The number of hydrogen-bond acceptors (Lipinski definition) is 4. The molecular weight excluding hydrogens is 369 g/mol. The second-order valence-corrected chi connectivity index (χ2v) is 9.69. The molecule has 5 fully saturated rings. The smallest absolute Gasteiger partial charge is 0.417 e. The van der Waals surface area contributed by atoms with Crippen molar-refractivity contribution in [2.24, 2.45) is 23.2 Å². The molecule has 0 radical (unpaired) electrons. The van der Waals surface area contributed by atoms with Crippen molar-refractivity contribution in [3.63, 3.8) is 0 Å². The van der Waals surface area contributed by atoms with Crippen LogP contribution in [0.25, 0.3) is 0 Å². The standard InChI is InChI=1S/C21H27F3N2O2/c22-21(23,24)15-3-4-17(26-10-15)28-12-19-6-13-8-20(27,11-19)9-14(7-19)18(13)16-2-1-5-25-16/h3-4,10,13-14,16,18,25,27H,1-2,5-9,11-12H2. The summed E-state index contributed by atoms with van der Waals surface area (Å²) in [4.78, 5) is 3.84. The lowest BCUT2D eigenvalue weighted by molar-refractivity contribution is -0.200. The van der Waals surface area contributed by atoms with E-state index in [4.69, 9.17) is 4.74 Å². The van der Waals surface area contributed by atoms with E-state index >= 15 is 0 Å². The second kappa shape index (κ2) is 6.33. The molecule has 4 nitrogen and oxygen atoms in total. The third-order valence-electron chi connectivity index (χ3n) is 7.62. The molecule has 154 valence electrons. The topological polar surface area (TPSA) is 54.4 Å². The fourth-order valence-electron chi connectivity index (χ4n) is 7.04. The minimum atomic E-state index is -4.39. The Morgan fingerprint density at radius 2 is 1.93 bits per heavy atom. The number of rotatable bonds is 4. The van der Waals surface area contributed by atoms with Crippen LogP contribution < -0.4 is 10.1 Å². The molecule has 3 unspecified atom stereocenters. The van der Waals surface area contributed by atoms with Crippen LogP contribution in [-0.4, -0.2) is 34.9 Å². The van der Waals surface area contributed by atoms with Gasteiger partial charge < -0.3 is 15.2 Å². The Labute approximate surface area is 162 Å². The molecular formula is C21H27F3N2O2. The lowest BCUT2D eigenvalue weighted by atomic mass is 9.44. The van der Waals surface area contributed by atoms with E-state index < -0.39 is 17.3 Å².